The first-order valence-corrected chi connectivity index (χ1v) is 9.74. The fourth-order valence-electron chi connectivity index (χ4n) is 3.24. The highest BCUT2D eigenvalue weighted by molar-refractivity contribution is 6.30. The van der Waals surface area contributed by atoms with Crippen molar-refractivity contribution in [1.82, 2.24) is 9.88 Å². The van der Waals surface area contributed by atoms with Crippen LogP contribution in [0, 0.1) is 0 Å². The minimum Gasteiger partial charge on any atom is -0.481 e. The van der Waals surface area contributed by atoms with Gasteiger partial charge in [0.1, 0.15) is 0 Å². The van der Waals surface area contributed by atoms with Crippen molar-refractivity contribution >= 4 is 34.4 Å². The van der Waals surface area contributed by atoms with Gasteiger partial charge in [0, 0.05) is 36.1 Å². The number of unbranched alkanes of at least 4 members (excludes halogenated alkanes) is 2. The molecule has 0 unspecified atom stereocenters. The molecular formula is C22H23ClN2O3. The van der Waals surface area contributed by atoms with Gasteiger partial charge in [-0.05, 0) is 42.7 Å². The number of carboxylic acid groups (broad SMARTS) is 1. The highest BCUT2D eigenvalue weighted by atomic mass is 35.5. The SMILES string of the molecule is O=C(O)CCCCCNC(=O)c1cccc2ccn(Cc3ccc(Cl)cc3)c12. The molecule has 1 aromatic heterocycles. The molecule has 0 saturated carbocycles. The molecule has 0 saturated heterocycles. The maximum absolute atomic E-state index is 12.7. The van der Waals surface area contributed by atoms with Crippen molar-refractivity contribution in [3.05, 3.63) is 70.9 Å². The fraction of sp³-hybridized carbons (Fsp3) is 0.273. The fourth-order valence-corrected chi connectivity index (χ4v) is 3.36. The molecule has 0 aliphatic carbocycles. The number of halogens is 1. The van der Waals surface area contributed by atoms with Crippen molar-refractivity contribution in [2.45, 2.75) is 32.2 Å². The number of carbonyl (C=O) groups excluding carboxylic acids is 1. The summed E-state index contributed by atoms with van der Waals surface area (Å²) >= 11 is 5.96. The van der Waals surface area contributed by atoms with Crippen LogP contribution >= 0.6 is 11.6 Å². The summed E-state index contributed by atoms with van der Waals surface area (Å²) in [7, 11) is 0. The van der Waals surface area contributed by atoms with Crippen molar-refractivity contribution < 1.29 is 14.7 Å². The quantitative estimate of drug-likeness (QED) is 0.512. The van der Waals surface area contributed by atoms with Crippen LogP contribution in [0.5, 0.6) is 0 Å². The van der Waals surface area contributed by atoms with Gasteiger partial charge in [-0.15, -0.1) is 0 Å². The zero-order valence-corrected chi connectivity index (χ0v) is 16.3. The van der Waals surface area contributed by atoms with Crippen LogP contribution < -0.4 is 5.32 Å². The molecule has 28 heavy (non-hydrogen) atoms. The Hall–Kier alpha value is -2.79. The number of aliphatic carboxylic acids is 1. The molecule has 1 heterocycles. The van der Waals surface area contributed by atoms with Crippen LogP contribution in [0.2, 0.25) is 5.02 Å². The molecule has 0 radical (unpaired) electrons. The van der Waals surface area contributed by atoms with Crippen LogP contribution in [0.15, 0.2) is 54.7 Å². The van der Waals surface area contributed by atoms with Gasteiger partial charge < -0.3 is 15.0 Å². The van der Waals surface area contributed by atoms with Crippen LogP contribution in [-0.2, 0) is 11.3 Å². The van der Waals surface area contributed by atoms with E-state index in [9.17, 15) is 9.59 Å². The third-order valence-corrected chi connectivity index (χ3v) is 4.90. The number of amides is 1. The lowest BCUT2D eigenvalue weighted by Gasteiger charge is -2.11. The van der Waals surface area contributed by atoms with Crippen LogP contribution in [0.25, 0.3) is 10.9 Å². The van der Waals surface area contributed by atoms with Gasteiger partial charge in [-0.3, -0.25) is 9.59 Å². The molecule has 0 spiro atoms. The number of aromatic nitrogens is 1. The molecule has 0 bridgehead atoms. The molecule has 0 aliphatic rings. The minimum atomic E-state index is -0.780. The van der Waals surface area contributed by atoms with E-state index in [2.05, 4.69) is 9.88 Å². The van der Waals surface area contributed by atoms with Gasteiger partial charge >= 0.3 is 5.97 Å². The monoisotopic (exact) mass is 398 g/mol. The molecule has 2 aromatic carbocycles. The molecule has 0 atom stereocenters. The second-order valence-electron chi connectivity index (χ2n) is 6.77. The van der Waals surface area contributed by atoms with Gasteiger partial charge in [0.15, 0.2) is 0 Å². The van der Waals surface area contributed by atoms with E-state index < -0.39 is 5.97 Å². The number of nitrogens with zero attached hydrogens (tertiary/aromatic N) is 1. The number of hydrogen-bond acceptors (Lipinski definition) is 2. The lowest BCUT2D eigenvalue weighted by atomic mass is 10.1. The first kappa shape index (κ1) is 20.0. The molecule has 2 N–H and O–H groups in total. The first-order valence-electron chi connectivity index (χ1n) is 9.37. The van der Waals surface area contributed by atoms with E-state index in [1.165, 1.54) is 0 Å². The van der Waals surface area contributed by atoms with E-state index in [0.29, 0.717) is 30.1 Å². The van der Waals surface area contributed by atoms with E-state index in [-0.39, 0.29) is 12.3 Å². The highest BCUT2D eigenvalue weighted by Gasteiger charge is 2.13. The van der Waals surface area contributed by atoms with Gasteiger partial charge in [-0.25, -0.2) is 0 Å². The lowest BCUT2D eigenvalue weighted by Crippen LogP contribution is -2.25. The normalized spacial score (nSPS) is 10.9. The van der Waals surface area contributed by atoms with E-state index in [0.717, 1.165) is 29.3 Å². The summed E-state index contributed by atoms with van der Waals surface area (Å²) in [5, 5.41) is 13.3. The number of rotatable bonds is 9. The van der Waals surface area contributed by atoms with Gasteiger partial charge in [-0.2, -0.15) is 0 Å². The molecule has 1 amide bonds. The first-order chi connectivity index (χ1) is 13.5. The molecular weight excluding hydrogens is 376 g/mol. The van der Waals surface area contributed by atoms with Crippen LogP contribution in [0.3, 0.4) is 0 Å². The Labute approximate surface area is 168 Å². The van der Waals surface area contributed by atoms with Crippen molar-refractivity contribution in [2.75, 3.05) is 6.54 Å². The Bertz CT molecular complexity index is 964. The van der Waals surface area contributed by atoms with E-state index in [4.69, 9.17) is 16.7 Å². The predicted molar refractivity (Wildman–Crippen MR) is 111 cm³/mol. The Morgan fingerprint density at radius 1 is 1.00 bits per heavy atom. The average molecular weight is 399 g/mol. The summed E-state index contributed by atoms with van der Waals surface area (Å²) in [6.07, 6.45) is 4.34. The van der Waals surface area contributed by atoms with E-state index in [1.807, 2.05) is 54.7 Å². The van der Waals surface area contributed by atoms with Gasteiger partial charge in [0.05, 0.1) is 11.1 Å². The zero-order valence-electron chi connectivity index (χ0n) is 15.5. The number of fused-ring (bicyclic) bond motifs is 1. The van der Waals surface area contributed by atoms with Crippen molar-refractivity contribution in [1.29, 1.82) is 0 Å². The molecule has 6 heteroatoms. The van der Waals surface area contributed by atoms with Crippen LogP contribution in [0.1, 0.15) is 41.6 Å². The number of carbonyl (C=O) groups is 2. The molecule has 0 aliphatic heterocycles. The van der Waals surface area contributed by atoms with Crippen LogP contribution in [0.4, 0.5) is 0 Å². The van der Waals surface area contributed by atoms with Crippen LogP contribution in [-0.4, -0.2) is 28.1 Å². The summed E-state index contributed by atoms with van der Waals surface area (Å²) in [6.45, 7) is 1.19. The van der Waals surface area contributed by atoms with E-state index >= 15 is 0 Å². The third kappa shape index (κ3) is 5.14. The second kappa shape index (κ2) is 9.42. The Morgan fingerprint density at radius 3 is 2.54 bits per heavy atom. The average Bonchev–Trinajstić information content (AvgIpc) is 3.09. The maximum Gasteiger partial charge on any atom is 0.303 e. The molecule has 0 fully saturated rings. The standard InChI is InChI=1S/C22H23ClN2O3/c23-18-10-8-16(9-11-18)15-25-14-12-17-5-4-6-19(21(17)25)22(28)24-13-3-1-2-7-20(26)27/h4-6,8-12,14H,1-3,7,13,15H2,(H,24,28)(H,26,27). The molecule has 146 valence electrons. The minimum absolute atomic E-state index is 0.111. The lowest BCUT2D eigenvalue weighted by molar-refractivity contribution is -0.137. The molecule has 5 nitrogen and oxygen atoms in total. The smallest absolute Gasteiger partial charge is 0.303 e. The van der Waals surface area contributed by atoms with Crippen molar-refractivity contribution in [3.63, 3.8) is 0 Å². The number of benzene rings is 2. The Morgan fingerprint density at radius 2 is 1.79 bits per heavy atom. The summed E-state index contributed by atoms with van der Waals surface area (Å²) in [5.74, 6) is -0.892. The summed E-state index contributed by atoms with van der Waals surface area (Å²) in [6, 6.07) is 15.4. The highest BCUT2D eigenvalue weighted by Crippen LogP contribution is 2.22. The van der Waals surface area contributed by atoms with Gasteiger partial charge in [0.2, 0.25) is 0 Å². The van der Waals surface area contributed by atoms with Gasteiger partial charge in [-0.1, -0.05) is 42.3 Å². The summed E-state index contributed by atoms with van der Waals surface area (Å²) < 4.78 is 2.07. The number of nitrogens with one attached hydrogen (secondary N) is 1. The maximum atomic E-state index is 12.7. The van der Waals surface area contributed by atoms with E-state index in [1.54, 1.807) is 0 Å². The zero-order chi connectivity index (χ0) is 19.9. The number of hydrogen-bond donors (Lipinski definition) is 2. The summed E-state index contributed by atoms with van der Waals surface area (Å²) in [4.78, 5) is 23.2. The Balaban J connectivity index is 1.68. The molecule has 3 aromatic rings. The second-order valence-corrected chi connectivity index (χ2v) is 7.21. The van der Waals surface area contributed by atoms with Gasteiger partial charge in [0.25, 0.3) is 5.91 Å². The number of para-hydroxylation sites is 1. The summed E-state index contributed by atoms with van der Waals surface area (Å²) in [5.41, 5.74) is 2.65. The predicted octanol–water partition coefficient (Wildman–Crippen LogP) is 4.72. The van der Waals surface area contributed by atoms with Crippen molar-refractivity contribution in [2.24, 2.45) is 0 Å². The number of carboxylic acids is 1. The molecule has 3 rings (SSSR count). The largest absolute Gasteiger partial charge is 0.481 e. The third-order valence-electron chi connectivity index (χ3n) is 4.65. The topological polar surface area (TPSA) is 71.3 Å². The van der Waals surface area contributed by atoms with Crippen molar-refractivity contribution in [3.8, 4) is 0 Å². The Kier molecular flexibility index (Phi) is 6.71.